The van der Waals surface area contributed by atoms with Gasteiger partial charge < -0.3 is 10.5 Å². The van der Waals surface area contributed by atoms with Gasteiger partial charge in [0.25, 0.3) is 0 Å². The van der Waals surface area contributed by atoms with Crippen molar-refractivity contribution in [3.63, 3.8) is 0 Å². The van der Waals surface area contributed by atoms with Crippen molar-refractivity contribution in [2.75, 3.05) is 7.11 Å². The van der Waals surface area contributed by atoms with Gasteiger partial charge in [-0.1, -0.05) is 0 Å². The second kappa shape index (κ2) is 5.18. The Labute approximate surface area is 105 Å². The maximum absolute atomic E-state index is 13.1. The lowest BCUT2D eigenvalue weighted by Gasteiger charge is -2.32. The number of ether oxygens (including phenoxy) is 1. The predicted molar refractivity (Wildman–Crippen MR) is 64.6 cm³/mol. The molecule has 1 aromatic heterocycles. The zero-order valence-corrected chi connectivity index (χ0v) is 10.4. The third-order valence-corrected chi connectivity index (χ3v) is 3.61. The summed E-state index contributed by atoms with van der Waals surface area (Å²) >= 11 is 0. The van der Waals surface area contributed by atoms with Crippen LogP contribution >= 0.6 is 0 Å². The minimum atomic E-state index is -2.52. The summed E-state index contributed by atoms with van der Waals surface area (Å²) in [5.41, 5.74) is 6.81. The number of halogens is 2. The van der Waals surface area contributed by atoms with Gasteiger partial charge in [-0.05, 0) is 30.9 Å². The van der Waals surface area contributed by atoms with E-state index in [1.807, 2.05) is 0 Å². The van der Waals surface area contributed by atoms with Crippen LogP contribution in [0.3, 0.4) is 0 Å². The normalized spacial score (nSPS) is 21.6. The Morgan fingerprint density at radius 1 is 1.44 bits per heavy atom. The third-order valence-electron chi connectivity index (χ3n) is 3.61. The number of methoxy groups -OCH3 is 1. The van der Waals surface area contributed by atoms with E-state index >= 15 is 0 Å². The molecule has 2 N–H and O–H groups in total. The van der Waals surface area contributed by atoms with Crippen molar-refractivity contribution in [2.24, 2.45) is 11.7 Å². The van der Waals surface area contributed by atoms with E-state index in [4.69, 9.17) is 10.5 Å². The van der Waals surface area contributed by atoms with Crippen LogP contribution in [0.15, 0.2) is 18.3 Å². The Morgan fingerprint density at radius 2 is 2.11 bits per heavy atom. The van der Waals surface area contributed by atoms with Crippen LogP contribution < -0.4 is 10.5 Å². The van der Waals surface area contributed by atoms with Gasteiger partial charge in [0.2, 0.25) is 5.92 Å². The fraction of sp³-hybridized carbons (Fsp3) is 0.615. The predicted octanol–water partition coefficient (Wildman–Crippen LogP) is 2.92. The average Bonchev–Trinajstić information content (AvgIpc) is 2.38. The number of nitrogens with two attached hydrogens (primary N) is 1. The fourth-order valence-electron chi connectivity index (χ4n) is 2.47. The highest BCUT2D eigenvalue weighted by Crippen LogP contribution is 2.41. The number of pyridine rings is 1. The maximum atomic E-state index is 13.1. The maximum Gasteiger partial charge on any atom is 0.248 e. The minimum Gasteiger partial charge on any atom is -0.495 e. The van der Waals surface area contributed by atoms with Gasteiger partial charge in [0, 0.05) is 19.0 Å². The number of nitrogens with zero attached hydrogens (tertiary/aromatic N) is 1. The number of hydrogen-bond donors (Lipinski definition) is 1. The molecule has 0 radical (unpaired) electrons. The van der Waals surface area contributed by atoms with Gasteiger partial charge in [-0.25, -0.2) is 8.78 Å². The fourth-order valence-corrected chi connectivity index (χ4v) is 2.47. The van der Waals surface area contributed by atoms with Gasteiger partial charge >= 0.3 is 0 Å². The lowest BCUT2D eigenvalue weighted by atomic mass is 9.81. The summed E-state index contributed by atoms with van der Waals surface area (Å²) in [4.78, 5) is 4.22. The first kappa shape index (κ1) is 13.2. The van der Waals surface area contributed by atoms with E-state index in [0.29, 0.717) is 24.3 Å². The highest BCUT2D eigenvalue weighted by atomic mass is 19.3. The van der Waals surface area contributed by atoms with Crippen molar-refractivity contribution < 1.29 is 13.5 Å². The van der Waals surface area contributed by atoms with Crippen molar-refractivity contribution in [1.82, 2.24) is 4.98 Å². The van der Waals surface area contributed by atoms with E-state index in [1.54, 1.807) is 25.4 Å². The van der Waals surface area contributed by atoms with Crippen molar-refractivity contribution in [3.05, 3.63) is 24.0 Å². The van der Waals surface area contributed by atoms with Crippen LogP contribution in [0.4, 0.5) is 8.78 Å². The first-order valence-corrected chi connectivity index (χ1v) is 6.16. The molecular weight excluding hydrogens is 238 g/mol. The molecule has 1 aliphatic rings. The summed E-state index contributed by atoms with van der Waals surface area (Å²) in [5.74, 6) is -1.85. The highest BCUT2D eigenvalue weighted by Gasteiger charge is 2.37. The monoisotopic (exact) mass is 256 g/mol. The highest BCUT2D eigenvalue weighted by molar-refractivity contribution is 5.29. The molecule has 1 atom stereocenters. The molecule has 3 nitrogen and oxygen atoms in total. The Bertz CT molecular complexity index is 402. The molecule has 0 aliphatic heterocycles. The minimum absolute atomic E-state index is 0.0495. The summed E-state index contributed by atoms with van der Waals surface area (Å²) in [6.45, 7) is 0. The molecule has 0 spiro atoms. The van der Waals surface area contributed by atoms with Crippen LogP contribution in [0.25, 0.3) is 0 Å². The molecule has 1 heterocycles. The van der Waals surface area contributed by atoms with Crippen molar-refractivity contribution in [1.29, 1.82) is 0 Å². The van der Waals surface area contributed by atoms with Gasteiger partial charge in [0.05, 0.1) is 18.8 Å². The molecule has 18 heavy (non-hydrogen) atoms. The lowest BCUT2D eigenvalue weighted by molar-refractivity contribution is -0.0485. The SMILES string of the molecule is COc1cccnc1C(N)C1CCC(F)(F)CC1. The second-order valence-electron chi connectivity index (χ2n) is 4.81. The van der Waals surface area contributed by atoms with Crippen LogP contribution in [-0.2, 0) is 0 Å². The topological polar surface area (TPSA) is 48.1 Å². The summed E-state index contributed by atoms with van der Waals surface area (Å²) in [7, 11) is 1.56. The zero-order valence-electron chi connectivity index (χ0n) is 10.4. The Kier molecular flexibility index (Phi) is 3.80. The molecule has 1 fully saturated rings. The van der Waals surface area contributed by atoms with Crippen molar-refractivity contribution >= 4 is 0 Å². The molecule has 1 aliphatic carbocycles. The molecule has 1 unspecified atom stereocenters. The Balaban J connectivity index is 2.10. The average molecular weight is 256 g/mol. The van der Waals surface area contributed by atoms with Gasteiger partial charge in [-0.2, -0.15) is 0 Å². The number of rotatable bonds is 3. The third kappa shape index (κ3) is 2.77. The molecule has 0 amide bonds. The van der Waals surface area contributed by atoms with E-state index in [0.717, 1.165) is 0 Å². The quantitative estimate of drug-likeness (QED) is 0.904. The summed E-state index contributed by atoms with van der Waals surface area (Å²) in [6.07, 6.45) is 2.36. The largest absolute Gasteiger partial charge is 0.495 e. The van der Waals surface area contributed by atoms with Gasteiger partial charge in [0.1, 0.15) is 5.75 Å². The van der Waals surface area contributed by atoms with E-state index < -0.39 is 5.92 Å². The van der Waals surface area contributed by atoms with Crippen LogP contribution in [0.1, 0.15) is 37.4 Å². The van der Waals surface area contributed by atoms with Gasteiger partial charge in [-0.3, -0.25) is 4.98 Å². The molecule has 100 valence electrons. The number of alkyl halides is 2. The summed E-state index contributed by atoms with van der Waals surface area (Å²) < 4.78 is 31.4. The molecule has 0 aromatic carbocycles. The molecular formula is C13H18F2N2O. The van der Waals surface area contributed by atoms with E-state index in [1.165, 1.54) is 0 Å². The van der Waals surface area contributed by atoms with E-state index in [2.05, 4.69) is 4.98 Å². The van der Waals surface area contributed by atoms with Crippen molar-refractivity contribution in [3.8, 4) is 5.75 Å². The summed E-state index contributed by atoms with van der Waals surface area (Å²) in [6, 6.07) is 3.22. The van der Waals surface area contributed by atoms with Gasteiger partial charge in [0.15, 0.2) is 0 Å². The number of aromatic nitrogens is 1. The smallest absolute Gasteiger partial charge is 0.248 e. The van der Waals surface area contributed by atoms with Crippen molar-refractivity contribution in [2.45, 2.75) is 37.6 Å². The molecule has 1 aromatic rings. The Hall–Kier alpha value is -1.23. The zero-order chi connectivity index (χ0) is 13.2. The van der Waals surface area contributed by atoms with Gasteiger partial charge in [-0.15, -0.1) is 0 Å². The molecule has 0 saturated heterocycles. The lowest BCUT2D eigenvalue weighted by Crippen LogP contribution is -2.31. The van der Waals surface area contributed by atoms with Crippen LogP contribution in [-0.4, -0.2) is 18.0 Å². The summed E-state index contributed by atoms with van der Waals surface area (Å²) in [5, 5.41) is 0. The first-order chi connectivity index (χ1) is 8.53. The van der Waals surface area contributed by atoms with Crippen LogP contribution in [0, 0.1) is 5.92 Å². The molecule has 1 saturated carbocycles. The molecule has 2 rings (SSSR count). The molecule has 5 heteroatoms. The van der Waals surface area contributed by atoms with E-state index in [9.17, 15) is 8.78 Å². The van der Waals surface area contributed by atoms with Crippen LogP contribution in [0.5, 0.6) is 5.75 Å². The first-order valence-electron chi connectivity index (χ1n) is 6.16. The van der Waals surface area contributed by atoms with E-state index in [-0.39, 0.29) is 24.8 Å². The number of hydrogen-bond acceptors (Lipinski definition) is 3. The standard InChI is InChI=1S/C13H18F2N2O/c1-18-10-3-2-8-17-12(10)11(16)9-4-6-13(14,15)7-5-9/h2-3,8-9,11H,4-7,16H2,1H3. The van der Waals surface area contributed by atoms with Crippen LogP contribution in [0.2, 0.25) is 0 Å². The second-order valence-corrected chi connectivity index (χ2v) is 4.81. The molecule has 0 bridgehead atoms. The Morgan fingerprint density at radius 3 is 2.72 bits per heavy atom.